The maximum atomic E-state index is 14.1. The second-order valence-corrected chi connectivity index (χ2v) is 6.47. The van der Waals surface area contributed by atoms with E-state index in [0.717, 1.165) is 16.8 Å². The Hall–Kier alpha value is -1.74. The van der Waals surface area contributed by atoms with Gasteiger partial charge in [-0.05, 0) is 6.42 Å². The van der Waals surface area contributed by atoms with E-state index in [9.17, 15) is 22.9 Å². The first kappa shape index (κ1) is 17.3. The van der Waals surface area contributed by atoms with E-state index in [1.165, 1.54) is 14.1 Å². The normalized spacial score (nSPS) is 11.7. The van der Waals surface area contributed by atoms with Crippen molar-refractivity contribution in [1.29, 1.82) is 0 Å². The molecule has 0 bridgehead atoms. The molecule has 0 heterocycles. The zero-order valence-corrected chi connectivity index (χ0v) is 12.9. The quantitative estimate of drug-likeness (QED) is 0.614. The topological polar surface area (TPSA) is 92.5 Å². The number of rotatable bonds is 7. The van der Waals surface area contributed by atoms with Gasteiger partial charge in [0.15, 0.2) is 5.82 Å². The van der Waals surface area contributed by atoms with Gasteiger partial charge in [-0.2, -0.15) is 0 Å². The molecule has 0 fully saturated rings. The van der Waals surface area contributed by atoms with Crippen molar-refractivity contribution >= 4 is 21.4 Å². The van der Waals surface area contributed by atoms with Crippen LogP contribution in [0.15, 0.2) is 17.0 Å². The monoisotopic (exact) mass is 319 g/mol. The highest BCUT2D eigenvalue weighted by atomic mass is 32.2. The first-order chi connectivity index (χ1) is 9.75. The van der Waals surface area contributed by atoms with Gasteiger partial charge in [0, 0.05) is 26.7 Å². The maximum absolute atomic E-state index is 14.1. The van der Waals surface area contributed by atoms with Crippen molar-refractivity contribution < 1.29 is 17.7 Å². The van der Waals surface area contributed by atoms with Crippen LogP contribution in [0.3, 0.4) is 0 Å². The van der Waals surface area contributed by atoms with E-state index in [4.69, 9.17) is 0 Å². The Balaban J connectivity index is 3.38. The Morgan fingerprint density at radius 1 is 1.43 bits per heavy atom. The highest BCUT2D eigenvalue weighted by molar-refractivity contribution is 7.89. The van der Waals surface area contributed by atoms with Gasteiger partial charge in [0.25, 0.3) is 5.69 Å². The van der Waals surface area contributed by atoms with Crippen LogP contribution in [0.2, 0.25) is 0 Å². The van der Waals surface area contributed by atoms with Crippen molar-refractivity contribution in [2.75, 3.05) is 26.0 Å². The number of halogens is 1. The number of nitro groups is 1. The standard InChI is InChI=1S/C12H18FN3O4S/c1-4-5-6-15(3)21(19,20)12-10(13)7-9(16(17)18)8-11(12)14-2/h7-8,14H,4-6H2,1-3H3. The number of unbranched alkanes of at least 4 members (excludes halogenated alkanes) is 1. The van der Waals surface area contributed by atoms with E-state index in [1.807, 2.05) is 6.92 Å². The van der Waals surface area contributed by atoms with Gasteiger partial charge in [-0.1, -0.05) is 13.3 Å². The summed E-state index contributed by atoms with van der Waals surface area (Å²) in [5.41, 5.74) is -0.642. The third kappa shape index (κ3) is 3.67. The minimum Gasteiger partial charge on any atom is -0.387 e. The SMILES string of the molecule is CCCCN(C)S(=O)(=O)c1c(F)cc([N+](=O)[O-])cc1NC. The number of nitro benzene ring substituents is 1. The molecule has 0 saturated heterocycles. The van der Waals surface area contributed by atoms with Gasteiger partial charge in [0.05, 0.1) is 16.7 Å². The minimum atomic E-state index is -4.05. The van der Waals surface area contributed by atoms with Crippen molar-refractivity contribution in [2.24, 2.45) is 0 Å². The van der Waals surface area contributed by atoms with Crippen LogP contribution in [-0.2, 0) is 10.0 Å². The molecule has 0 atom stereocenters. The number of anilines is 1. The minimum absolute atomic E-state index is 0.134. The van der Waals surface area contributed by atoms with Crippen molar-refractivity contribution in [2.45, 2.75) is 24.7 Å². The summed E-state index contributed by atoms with van der Waals surface area (Å²) in [5.74, 6) is -1.14. The van der Waals surface area contributed by atoms with Gasteiger partial charge in [-0.15, -0.1) is 0 Å². The van der Waals surface area contributed by atoms with Crippen LogP contribution >= 0.6 is 0 Å². The molecule has 9 heteroatoms. The molecule has 0 aliphatic rings. The van der Waals surface area contributed by atoms with Gasteiger partial charge in [0.2, 0.25) is 10.0 Å². The molecule has 0 aliphatic carbocycles. The van der Waals surface area contributed by atoms with Crippen molar-refractivity contribution in [3.8, 4) is 0 Å². The molecule has 1 rings (SSSR count). The number of benzene rings is 1. The zero-order chi connectivity index (χ0) is 16.2. The lowest BCUT2D eigenvalue weighted by Crippen LogP contribution is -2.29. The fourth-order valence-corrected chi connectivity index (χ4v) is 3.21. The molecule has 1 aromatic carbocycles. The Labute approximate surface area is 123 Å². The van der Waals surface area contributed by atoms with Crippen LogP contribution in [0.25, 0.3) is 0 Å². The Morgan fingerprint density at radius 3 is 2.52 bits per heavy atom. The smallest absolute Gasteiger partial charge is 0.274 e. The second kappa shape index (κ2) is 6.81. The van der Waals surface area contributed by atoms with E-state index in [2.05, 4.69) is 5.32 Å². The summed E-state index contributed by atoms with van der Waals surface area (Å²) in [6.07, 6.45) is 1.43. The summed E-state index contributed by atoms with van der Waals surface area (Å²) in [6, 6.07) is 1.62. The van der Waals surface area contributed by atoms with E-state index in [0.29, 0.717) is 12.5 Å². The summed E-state index contributed by atoms with van der Waals surface area (Å²) in [5, 5.41) is 13.2. The zero-order valence-electron chi connectivity index (χ0n) is 12.1. The molecule has 0 amide bonds. The molecule has 118 valence electrons. The van der Waals surface area contributed by atoms with Gasteiger partial charge in [0.1, 0.15) is 4.90 Å². The first-order valence-electron chi connectivity index (χ1n) is 6.37. The lowest BCUT2D eigenvalue weighted by atomic mass is 10.2. The number of nitrogens with one attached hydrogen (secondary N) is 1. The van der Waals surface area contributed by atoms with Crippen LogP contribution < -0.4 is 5.32 Å². The Kier molecular flexibility index (Phi) is 5.62. The molecule has 0 aromatic heterocycles. The predicted octanol–water partition coefficient (Wildman–Crippen LogP) is 2.20. The molecule has 1 aromatic rings. The maximum Gasteiger partial charge on any atom is 0.274 e. The molecule has 0 saturated carbocycles. The highest BCUT2D eigenvalue weighted by Gasteiger charge is 2.29. The Bertz CT molecular complexity index is 634. The van der Waals surface area contributed by atoms with Crippen LogP contribution in [0.5, 0.6) is 0 Å². The van der Waals surface area contributed by atoms with Crippen molar-refractivity contribution in [1.82, 2.24) is 4.31 Å². The highest BCUT2D eigenvalue weighted by Crippen LogP contribution is 2.31. The summed E-state index contributed by atoms with van der Waals surface area (Å²) >= 11 is 0. The average molecular weight is 319 g/mol. The molecular formula is C12H18FN3O4S. The number of non-ortho nitro benzene ring substituents is 1. The molecular weight excluding hydrogens is 301 g/mol. The number of sulfonamides is 1. The summed E-state index contributed by atoms with van der Waals surface area (Å²) in [4.78, 5) is 9.36. The summed E-state index contributed by atoms with van der Waals surface area (Å²) < 4.78 is 39.9. The Morgan fingerprint density at radius 2 is 2.05 bits per heavy atom. The molecule has 0 spiro atoms. The third-order valence-electron chi connectivity index (χ3n) is 3.00. The van der Waals surface area contributed by atoms with Crippen LogP contribution in [0.1, 0.15) is 19.8 Å². The first-order valence-corrected chi connectivity index (χ1v) is 7.81. The molecule has 21 heavy (non-hydrogen) atoms. The molecule has 7 nitrogen and oxygen atoms in total. The number of hydrogen-bond donors (Lipinski definition) is 1. The summed E-state index contributed by atoms with van der Waals surface area (Å²) in [7, 11) is -1.32. The van der Waals surface area contributed by atoms with Crippen molar-refractivity contribution in [3.63, 3.8) is 0 Å². The van der Waals surface area contributed by atoms with Crippen LogP contribution in [0.4, 0.5) is 15.8 Å². The van der Waals surface area contributed by atoms with Crippen LogP contribution in [0, 0.1) is 15.9 Å². The molecule has 0 unspecified atom stereocenters. The average Bonchev–Trinajstić information content (AvgIpc) is 2.42. The number of nitrogens with zero attached hydrogens (tertiary/aromatic N) is 2. The largest absolute Gasteiger partial charge is 0.387 e. The van der Waals surface area contributed by atoms with Gasteiger partial charge in [-0.25, -0.2) is 17.1 Å². The third-order valence-corrected chi connectivity index (χ3v) is 4.94. The molecule has 0 radical (unpaired) electrons. The van der Waals surface area contributed by atoms with E-state index < -0.39 is 31.3 Å². The molecule has 1 N–H and O–H groups in total. The number of hydrogen-bond acceptors (Lipinski definition) is 5. The fourth-order valence-electron chi connectivity index (χ4n) is 1.79. The van der Waals surface area contributed by atoms with Gasteiger partial charge >= 0.3 is 0 Å². The predicted molar refractivity (Wildman–Crippen MR) is 77.3 cm³/mol. The van der Waals surface area contributed by atoms with Gasteiger partial charge < -0.3 is 5.32 Å². The van der Waals surface area contributed by atoms with Crippen LogP contribution in [-0.4, -0.2) is 38.3 Å². The van der Waals surface area contributed by atoms with Crippen molar-refractivity contribution in [3.05, 3.63) is 28.1 Å². The molecule has 0 aliphatic heterocycles. The van der Waals surface area contributed by atoms with E-state index >= 15 is 0 Å². The lowest BCUT2D eigenvalue weighted by Gasteiger charge is -2.19. The summed E-state index contributed by atoms with van der Waals surface area (Å²) in [6.45, 7) is 2.16. The fraction of sp³-hybridized carbons (Fsp3) is 0.500. The van der Waals surface area contributed by atoms with Gasteiger partial charge in [-0.3, -0.25) is 10.1 Å². The second-order valence-electron chi connectivity index (χ2n) is 4.49. The lowest BCUT2D eigenvalue weighted by molar-refractivity contribution is -0.385. The van der Waals surface area contributed by atoms with E-state index in [1.54, 1.807) is 0 Å². The van der Waals surface area contributed by atoms with E-state index in [-0.39, 0.29) is 12.2 Å².